The Hall–Kier alpha value is -10.0. The molecule has 2 nitrogen and oxygen atoms in total. The summed E-state index contributed by atoms with van der Waals surface area (Å²) in [6.07, 6.45) is 0. The maximum absolute atomic E-state index is 2.53. The number of anilines is 3. The summed E-state index contributed by atoms with van der Waals surface area (Å²) in [5.41, 5.74) is 21.1. The Morgan fingerprint density at radius 3 is 1.25 bits per heavy atom. The van der Waals surface area contributed by atoms with Crippen molar-refractivity contribution in [3.05, 3.63) is 326 Å². The van der Waals surface area contributed by atoms with Gasteiger partial charge in [0, 0.05) is 33.5 Å². The van der Waals surface area contributed by atoms with Crippen LogP contribution in [0, 0.1) is 0 Å². The fourth-order valence-electron chi connectivity index (χ4n) is 13.0. The van der Waals surface area contributed by atoms with Gasteiger partial charge < -0.3 is 9.47 Å². The van der Waals surface area contributed by atoms with Crippen LogP contribution in [0.3, 0.4) is 0 Å². The summed E-state index contributed by atoms with van der Waals surface area (Å²) >= 11 is 0. The average Bonchev–Trinajstić information content (AvgIpc) is 4.16. The molecule has 2 heteroatoms. The molecular weight excluding hydrogens is 929 g/mol. The zero-order valence-electron chi connectivity index (χ0n) is 42.3. The maximum Gasteiger partial charge on any atom is 0.0714 e. The monoisotopic (exact) mass is 978 g/mol. The molecule has 15 rings (SSSR count). The molecule has 360 valence electrons. The zero-order valence-corrected chi connectivity index (χ0v) is 42.3. The molecule has 1 heterocycles. The van der Waals surface area contributed by atoms with Gasteiger partial charge in [0.25, 0.3) is 0 Å². The summed E-state index contributed by atoms with van der Waals surface area (Å²) in [4.78, 5) is 2.31. The summed E-state index contributed by atoms with van der Waals surface area (Å²) in [5, 5.41) is 7.45. The van der Waals surface area contributed by atoms with Crippen molar-refractivity contribution in [3.8, 4) is 50.2 Å². The van der Waals surface area contributed by atoms with Gasteiger partial charge in [-0.1, -0.05) is 231 Å². The highest BCUT2D eigenvalue weighted by Crippen LogP contribution is 2.58. The number of rotatable bonds is 9. The molecule has 0 aliphatic heterocycles. The molecule has 14 aromatic rings. The van der Waals surface area contributed by atoms with Gasteiger partial charge >= 0.3 is 0 Å². The summed E-state index contributed by atoms with van der Waals surface area (Å²) < 4.78 is 2.48. The highest BCUT2D eigenvalue weighted by Gasteiger charge is 2.46. The molecule has 0 saturated carbocycles. The van der Waals surface area contributed by atoms with Crippen molar-refractivity contribution in [3.63, 3.8) is 0 Å². The number of nitrogens with zero attached hydrogens (tertiary/aromatic N) is 2. The van der Waals surface area contributed by atoms with Gasteiger partial charge in [-0.2, -0.15) is 0 Å². The number of fused-ring (bicyclic) bond motifs is 8. The predicted octanol–water partition coefficient (Wildman–Crippen LogP) is 19.9. The fourth-order valence-corrected chi connectivity index (χ4v) is 13.0. The lowest BCUT2D eigenvalue weighted by Crippen LogP contribution is -2.28. The Balaban J connectivity index is 0.906. The number of hydrogen-bond acceptors (Lipinski definition) is 1. The predicted molar refractivity (Wildman–Crippen MR) is 324 cm³/mol. The first-order valence-electron chi connectivity index (χ1n) is 26.7. The van der Waals surface area contributed by atoms with Crippen molar-refractivity contribution in [2.24, 2.45) is 0 Å². The lowest BCUT2D eigenvalue weighted by molar-refractivity contribution is 0.768. The van der Waals surface area contributed by atoms with E-state index >= 15 is 0 Å². The standard InChI is InChI=1S/C75H50N2/c1-6-22-52(23-7-1)73-64-33-16-18-35-66(64)74(67-36-19-17-34-65(67)73)54-40-45-61-62-46-44-60(50-70(62)75(69(61)49-54,55-24-8-2-9-25-55)56-26-10-3-11-27-56)77-71-37-21-20-32-63(71)68-48-53(41-47-72(68)77)51-38-42-59(43-39-51)76(57-28-12-4-13-29-57)58-30-14-5-15-31-58/h1-50H. The first-order valence-corrected chi connectivity index (χ1v) is 26.7. The van der Waals surface area contributed by atoms with E-state index < -0.39 is 5.41 Å². The Morgan fingerprint density at radius 1 is 0.260 bits per heavy atom. The van der Waals surface area contributed by atoms with Gasteiger partial charge in [0.15, 0.2) is 0 Å². The van der Waals surface area contributed by atoms with E-state index in [2.05, 4.69) is 313 Å². The molecule has 0 bridgehead atoms. The van der Waals surface area contributed by atoms with Crippen molar-refractivity contribution in [1.82, 2.24) is 4.57 Å². The largest absolute Gasteiger partial charge is 0.311 e. The Labute approximate surface area is 448 Å². The molecule has 0 amide bonds. The van der Waals surface area contributed by atoms with Crippen molar-refractivity contribution >= 4 is 60.4 Å². The van der Waals surface area contributed by atoms with Crippen LogP contribution in [0.2, 0.25) is 0 Å². The van der Waals surface area contributed by atoms with Gasteiger partial charge in [-0.15, -0.1) is 0 Å². The van der Waals surface area contributed by atoms with Crippen molar-refractivity contribution in [2.45, 2.75) is 5.41 Å². The maximum atomic E-state index is 2.53. The first kappa shape index (κ1) is 44.5. The van der Waals surface area contributed by atoms with Crippen LogP contribution in [0.1, 0.15) is 22.3 Å². The third-order valence-electron chi connectivity index (χ3n) is 16.2. The normalized spacial score (nSPS) is 12.5. The van der Waals surface area contributed by atoms with Gasteiger partial charge in [0.2, 0.25) is 0 Å². The second-order valence-corrected chi connectivity index (χ2v) is 20.3. The molecule has 77 heavy (non-hydrogen) atoms. The summed E-state index contributed by atoms with van der Waals surface area (Å²) in [6.45, 7) is 0. The van der Waals surface area contributed by atoms with E-state index in [1.165, 1.54) is 110 Å². The van der Waals surface area contributed by atoms with Crippen molar-refractivity contribution in [2.75, 3.05) is 4.90 Å². The number of benzene rings is 13. The van der Waals surface area contributed by atoms with Crippen LogP contribution in [-0.2, 0) is 5.41 Å². The van der Waals surface area contributed by atoms with E-state index in [0.717, 1.165) is 22.7 Å². The summed E-state index contributed by atoms with van der Waals surface area (Å²) in [7, 11) is 0. The molecule has 1 aliphatic carbocycles. The first-order chi connectivity index (χ1) is 38.2. The number of aromatic nitrogens is 1. The van der Waals surface area contributed by atoms with Crippen LogP contribution in [0.5, 0.6) is 0 Å². The van der Waals surface area contributed by atoms with Crippen LogP contribution >= 0.6 is 0 Å². The molecule has 0 spiro atoms. The van der Waals surface area contributed by atoms with E-state index in [0.29, 0.717) is 0 Å². The molecular formula is C75H50N2. The molecule has 0 unspecified atom stereocenters. The van der Waals surface area contributed by atoms with Gasteiger partial charge in [0.05, 0.1) is 16.4 Å². The molecule has 0 atom stereocenters. The fraction of sp³-hybridized carbons (Fsp3) is 0.0133. The van der Waals surface area contributed by atoms with E-state index in [1.807, 2.05) is 0 Å². The minimum Gasteiger partial charge on any atom is -0.311 e. The van der Waals surface area contributed by atoms with Crippen LogP contribution in [-0.4, -0.2) is 4.57 Å². The lowest BCUT2D eigenvalue weighted by atomic mass is 9.67. The van der Waals surface area contributed by atoms with E-state index in [4.69, 9.17) is 0 Å². The second-order valence-electron chi connectivity index (χ2n) is 20.3. The van der Waals surface area contributed by atoms with Gasteiger partial charge in [-0.05, 0) is 161 Å². The minimum absolute atomic E-state index is 0.635. The molecule has 0 saturated heterocycles. The Bertz CT molecular complexity index is 4390. The van der Waals surface area contributed by atoms with E-state index in [9.17, 15) is 0 Å². The quantitative estimate of drug-likeness (QED) is 0.131. The average molecular weight is 979 g/mol. The van der Waals surface area contributed by atoms with Crippen molar-refractivity contribution < 1.29 is 0 Å². The molecule has 0 radical (unpaired) electrons. The van der Waals surface area contributed by atoms with Crippen LogP contribution in [0.4, 0.5) is 17.1 Å². The highest BCUT2D eigenvalue weighted by molar-refractivity contribution is 6.21. The zero-order chi connectivity index (χ0) is 50.9. The minimum atomic E-state index is -0.635. The van der Waals surface area contributed by atoms with Crippen LogP contribution in [0.15, 0.2) is 303 Å². The number of para-hydroxylation sites is 3. The van der Waals surface area contributed by atoms with Gasteiger partial charge in [-0.25, -0.2) is 0 Å². The Kier molecular flexibility index (Phi) is 10.5. The van der Waals surface area contributed by atoms with Crippen LogP contribution in [0.25, 0.3) is 93.5 Å². The molecule has 0 N–H and O–H groups in total. The molecule has 13 aromatic carbocycles. The highest BCUT2D eigenvalue weighted by atomic mass is 15.1. The van der Waals surface area contributed by atoms with E-state index in [1.54, 1.807) is 0 Å². The topological polar surface area (TPSA) is 8.17 Å². The third kappa shape index (κ3) is 7.03. The summed E-state index contributed by atoms with van der Waals surface area (Å²) in [6, 6.07) is 112. The molecule has 0 fully saturated rings. The molecule has 1 aliphatic rings. The van der Waals surface area contributed by atoms with Crippen LogP contribution < -0.4 is 4.90 Å². The van der Waals surface area contributed by atoms with Gasteiger partial charge in [-0.3, -0.25) is 0 Å². The van der Waals surface area contributed by atoms with Crippen molar-refractivity contribution in [1.29, 1.82) is 0 Å². The number of hydrogen-bond donors (Lipinski definition) is 0. The summed E-state index contributed by atoms with van der Waals surface area (Å²) in [5.74, 6) is 0. The Morgan fingerprint density at radius 2 is 0.675 bits per heavy atom. The van der Waals surface area contributed by atoms with E-state index in [-0.39, 0.29) is 0 Å². The second kappa shape index (κ2) is 18.1. The SMILES string of the molecule is c1ccc(-c2c3ccccc3c(-c3ccc4c(c3)C(c3ccccc3)(c3ccccc3)c3cc(-n5c6ccccc6c6cc(-c7ccc(N(c8ccccc8)c8ccccc8)cc7)ccc65)ccc3-4)c3ccccc23)cc1. The third-order valence-corrected chi connectivity index (χ3v) is 16.2. The smallest absolute Gasteiger partial charge is 0.0714 e. The molecule has 1 aromatic heterocycles. The lowest BCUT2D eigenvalue weighted by Gasteiger charge is -2.34. The van der Waals surface area contributed by atoms with Gasteiger partial charge in [0.1, 0.15) is 0 Å².